The highest BCUT2D eigenvalue weighted by atomic mass is 35.5. The minimum atomic E-state index is -0.469. The molecule has 1 atom stereocenters. The summed E-state index contributed by atoms with van der Waals surface area (Å²) in [6.07, 6.45) is 5.77. The van der Waals surface area contributed by atoms with Crippen molar-refractivity contribution in [1.82, 2.24) is 24.8 Å². The third-order valence-corrected chi connectivity index (χ3v) is 7.52. The van der Waals surface area contributed by atoms with Gasteiger partial charge in [0.1, 0.15) is 24.0 Å². The molecule has 41 heavy (non-hydrogen) atoms. The van der Waals surface area contributed by atoms with E-state index in [2.05, 4.69) is 27.8 Å². The Balaban J connectivity index is 1.32. The van der Waals surface area contributed by atoms with Gasteiger partial charge >= 0.3 is 0 Å². The summed E-state index contributed by atoms with van der Waals surface area (Å²) in [7, 11) is 0. The third kappa shape index (κ3) is 6.34. The Morgan fingerprint density at radius 3 is 2.44 bits per heavy atom. The molecule has 5 aromatic rings. The van der Waals surface area contributed by atoms with Crippen LogP contribution in [0.25, 0.3) is 5.82 Å². The van der Waals surface area contributed by atoms with E-state index in [-0.39, 0.29) is 5.91 Å². The Bertz CT molecular complexity index is 1660. The molecule has 1 amide bonds. The van der Waals surface area contributed by atoms with Gasteiger partial charge < -0.3 is 15.5 Å². The fraction of sp³-hybridized carbons (Fsp3) is 0.161. The van der Waals surface area contributed by atoms with Gasteiger partial charge in [0.25, 0.3) is 0 Å². The van der Waals surface area contributed by atoms with Crippen LogP contribution in [-0.2, 0) is 30.8 Å². The van der Waals surface area contributed by atoms with Crippen LogP contribution in [0.1, 0.15) is 22.3 Å². The highest BCUT2D eigenvalue weighted by Gasteiger charge is 2.33. The molecule has 8 nitrogen and oxygen atoms in total. The fourth-order valence-electron chi connectivity index (χ4n) is 4.91. The second-order valence-corrected chi connectivity index (χ2v) is 10.7. The molecule has 0 radical (unpaired) electrons. The van der Waals surface area contributed by atoms with Crippen LogP contribution in [0, 0.1) is 0 Å². The van der Waals surface area contributed by atoms with E-state index in [1.54, 1.807) is 12.5 Å². The smallest absolute Gasteiger partial charge is 0.243 e. The van der Waals surface area contributed by atoms with Crippen LogP contribution in [0.3, 0.4) is 0 Å². The second kappa shape index (κ2) is 12.0. The first-order valence-corrected chi connectivity index (χ1v) is 14.0. The van der Waals surface area contributed by atoms with Crippen molar-refractivity contribution in [2.45, 2.75) is 32.1 Å². The molecule has 0 spiro atoms. The van der Waals surface area contributed by atoms with Crippen molar-refractivity contribution in [3.8, 4) is 5.82 Å². The summed E-state index contributed by atoms with van der Waals surface area (Å²) >= 11 is 12.2. The fourth-order valence-corrected chi connectivity index (χ4v) is 5.25. The van der Waals surface area contributed by atoms with Crippen molar-refractivity contribution >= 4 is 40.9 Å². The van der Waals surface area contributed by atoms with Gasteiger partial charge in [-0.05, 0) is 46.5 Å². The van der Waals surface area contributed by atoms with Crippen LogP contribution in [0.4, 0.5) is 11.8 Å². The molecule has 0 aliphatic carbocycles. The number of halogens is 2. The molecule has 1 aliphatic rings. The van der Waals surface area contributed by atoms with E-state index in [9.17, 15) is 4.79 Å². The number of hydrogen-bond acceptors (Lipinski definition) is 6. The highest BCUT2D eigenvalue weighted by Crippen LogP contribution is 2.29. The highest BCUT2D eigenvalue weighted by molar-refractivity contribution is 6.30. The Labute approximate surface area is 248 Å². The van der Waals surface area contributed by atoms with Gasteiger partial charge in [-0.2, -0.15) is 9.97 Å². The maximum Gasteiger partial charge on any atom is 0.243 e. The molecule has 0 fully saturated rings. The molecule has 1 unspecified atom stereocenters. The van der Waals surface area contributed by atoms with Crippen molar-refractivity contribution in [2.24, 2.45) is 0 Å². The Morgan fingerprint density at radius 2 is 1.66 bits per heavy atom. The number of anilines is 2. The maximum absolute atomic E-state index is 13.7. The van der Waals surface area contributed by atoms with E-state index >= 15 is 0 Å². The first-order valence-electron chi connectivity index (χ1n) is 13.2. The van der Waals surface area contributed by atoms with Gasteiger partial charge in [-0.15, -0.1) is 0 Å². The lowest BCUT2D eigenvalue weighted by atomic mass is 9.93. The van der Waals surface area contributed by atoms with Gasteiger partial charge in [0.05, 0.1) is 0 Å². The van der Waals surface area contributed by atoms with E-state index in [1.807, 2.05) is 82.4 Å². The number of aromatic nitrogens is 4. The van der Waals surface area contributed by atoms with Crippen LogP contribution in [-0.4, -0.2) is 31.5 Å². The van der Waals surface area contributed by atoms with Crippen LogP contribution < -0.4 is 15.5 Å². The van der Waals surface area contributed by atoms with Crippen molar-refractivity contribution in [1.29, 1.82) is 0 Å². The molecule has 10 heteroatoms. The van der Waals surface area contributed by atoms with E-state index in [4.69, 9.17) is 33.2 Å². The number of imidazole rings is 1. The number of benzene rings is 3. The molecule has 0 bridgehead atoms. The molecule has 2 N–H and O–H groups in total. The summed E-state index contributed by atoms with van der Waals surface area (Å²) in [6, 6.07) is 24.7. The molecule has 0 saturated heterocycles. The zero-order valence-electron chi connectivity index (χ0n) is 22.0. The topological polar surface area (TPSA) is 88.0 Å². The normalized spacial score (nSPS) is 14.4. The standard InChI is InChI=1S/C31H27Cl2N7O/c32-25-10-8-21(9-11-25)17-35-30(41)27-15-23-5-1-2-6-24(23)19-40(27)29-16-28(39-13-12-34-20-39)37-31(38-29)36-18-22-4-3-7-26(33)14-22/h1-14,16,20,27H,15,17-19H2,(H,35,41)(H,36,37,38). The lowest BCUT2D eigenvalue weighted by Crippen LogP contribution is -2.50. The maximum atomic E-state index is 13.7. The van der Waals surface area contributed by atoms with Crippen molar-refractivity contribution in [3.63, 3.8) is 0 Å². The number of rotatable bonds is 8. The SMILES string of the molecule is O=C(NCc1ccc(Cl)cc1)C1Cc2ccccc2CN1c1cc(-n2ccnc2)nc(NCc2cccc(Cl)c2)n1. The van der Waals surface area contributed by atoms with Crippen molar-refractivity contribution in [2.75, 3.05) is 10.2 Å². The predicted octanol–water partition coefficient (Wildman–Crippen LogP) is 5.83. The van der Waals surface area contributed by atoms with Crippen LogP contribution in [0.2, 0.25) is 10.0 Å². The number of nitrogens with zero attached hydrogens (tertiary/aromatic N) is 5. The average Bonchev–Trinajstić information content (AvgIpc) is 3.54. The van der Waals surface area contributed by atoms with Crippen LogP contribution in [0.15, 0.2) is 97.6 Å². The van der Waals surface area contributed by atoms with Crippen molar-refractivity contribution in [3.05, 3.63) is 130 Å². The van der Waals surface area contributed by atoms with Gasteiger partial charge in [-0.25, -0.2) is 4.98 Å². The molecular weight excluding hydrogens is 557 g/mol. The minimum Gasteiger partial charge on any atom is -0.350 e. The number of amides is 1. The number of fused-ring (bicyclic) bond motifs is 1. The number of carbonyl (C=O) groups is 1. The average molecular weight is 585 g/mol. The van der Waals surface area contributed by atoms with E-state index in [0.717, 1.165) is 22.3 Å². The van der Waals surface area contributed by atoms with Gasteiger partial charge in [0.2, 0.25) is 11.9 Å². The first-order chi connectivity index (χ1) is 20.0. The van der Waals surface area contributed by atoms with Crippen LogP contribution >= 0.6 is 23.2 Å². The largest absolute Gasteiger partial charge is 0.350 e. The minimum absolute atomic E-state index is 0.0781. The molecule has 3 heterocycles. The first kappa shape index (κ1) is 26.8. The van der Waals surface area contributed by atoms with Gasteiger partial charge in [-0.3, -0.25) is 9.36 Å². The summed E-state index contributed by atoms with van der Waals surface area (Å²) in [5.74, 6) is 1.63. The summed E-state index contributed by atoms with van der Waals surface area (Å²) in [4.78, 5) is 29.6. The van der Waals surface area contributed by atoms with E-state index < -0.39 is 6.04 Å². The quantitative estimate of drug-likeness (QED) is 0.239. The Morgan fingerprint density at radius 1 is 0.854 bits per heavy atom. The summed E-state index contributed by atoms with van der Waals surface area (Å²) in [5, 5.41) is 7.77. The second-order valence-electron chi connectivity index (χ2n) is 9.82. The monoisotopic (exact) mass is 583 g/mol. The van der Waals surface area contributed by atoms with Gasteiger partial charge in [-0.1, -0.05) is 71.7 Å². The lowest BCUT2D eigenvalue weighted by molar-refractivity contribution is -0.122. The molecule has 206 valence electrons. The summed E-state index contributed by atoms with van der Waals surface area (Å²) in [6.45, 7) is 1.42. The number of carbonyl (C=O) groups excluding carboxylic acids is 1. The van der Waals surface area contributed by atoms with Crippen LogP contribution in [0.5, 0.6) is 0 Å². The Hall–Kier alpha value is -4.40. The van der Waals surface area contributed by atoms with E-state index in [0.29, 0.717) is 53.7 Å². The molecule has 3 aromatic carbocycles. The number of nitrogens with one attached hydrogen (secondary N) is 2. The molecule has 0 saturated carbocycles. The zero-order valence-corrected chi connectivity index (χ0v) is 23.6. The van der Waals surface area contributed by atoms with Gasteiger partial charge in [0.15, 0.2) is 0 Å². The lowest BCUT2D eigenvalue weighted by Gasteiger charge is -2.37. The van der Waals surface area contributed by atoms with Gasteiger partial charge in [0, 0.05) is 54.6 Å². The molecule has 2 aromatic heterocycles. The molecule has 6 rings (SSSR count). The molecular formula is C31H27Cl2N7O. The third-order valence-electron chi connectivity index (χ3n) is 7.03. The Kier molecular flexibility index (Phi) is 7.84. The predicted molar refractivity (Wildman–Crippen MR) is 161 cm³/mol. The van der Waals surface area contributed by atoms with E-state index in [1.165, 1.54) is 0 Å². The summed E-state index contributed by atoms with van der Waals surface area (Å²) < 4.78 is 1.82. The number of hydrogen-bond donors (Lipinski definition) is 2. The van der Waals surface area contributed by atoms with Crippen molar-refractivity contribution < 1.29 is 4.79 Å². The zero-order chi connectivity index (χ0) is 28.2. The summed E-state index contributed by atoms with van der Waals surface area (Å²) in [5.41, 5.74) is 4.29. The molecule has 1 aliphatic heterocycles.